The first kappa shape index (κ1) is 52.2. The molecule has 0 aliphatic rings. The number of allylic oxidation sites excluding steroid dienone is 10. The Kier molecular flexibility index (Phi) is 36.1. The predicted molar refractivity (Wildman–Crippen MR) is 221 cm³/mol. The van der Waals surface area contributed by atoms with Crippen molar-refractivity contribution in [3.8, 4) is 0 Å². The SMILES string of the molecule is CC/C=C\C/C=C\C/C=C\C/C=C\C/C=C\CCCC(=O)OC[C@H](COP(=O)(O)OC[C@H](N)C(=O)O)OC(=O)CCCCCCCCCCCCCCCC. The second-order valence-electron chi connectivity index (χ2n) is 13.7. The number of hydrogen-bond donors (Lipinski definition) is 3. The van der Waals surface area contributed by atoms with Crippen LogP contribution in [0.3, 0.4) is 0 Å². The van der Waals surface area contributed by atoms with Gasteiger partial charge in [-0.25, -0.2) is 4.57 Å². The molecule has 0 amide bonds. The first-order valence-corrected chi connectivity index (χ1v) is 22.3. The fraction of sp³-hybridized carbons (Fsp3) is 0.698. The van der Waals surface area contributed by atoms with E-state index in [0.717, 1.165) is 51.4 Å². The number of unbranched alkanes of at least 4 members (excludes halogenated alkanes) is 14. The van der Waals surface area contributed by atoms with Gasteiger partial charge in [0.1, 0.15) is 12.6 Å². The van der Waals surface area contributed by atoms with Gasteiger partial charge < -0.3 is 25.2 Å². The summed E-state index contributed by atoms with van der Waals surface area (Å²) in [4.78, 5) is 45.9. The van der Waals surface area contributed by atoms with E-state index >= 15 is 0 Å². The van der Waals surface area contributed by atoms with Crippen LogP contribution in [0.4, 0.5) is 0 Å². The molecule has 0 bridgehead atoms. The van der Waals surface area contributed by atoms with E-state index < -0.39 is 51.1 Å². The van der Waals surface area contributed by atoms with E-state index in [1.165, 1.54) is 64.2 Å². The van der Waals surface area contributed by atoms with Crippen molar-refractivity contribution in [3.05, 3.63) is 60.8 Å². The van der Waals surface area contributed by atoms with Gasteiger partial charge in [0.25, 0.3) is 0 Å². The zero-order chi connectivity index (χ0) is 40.7. The Hall–Kier alpha value is -2.82. The number of carbonyl (C=O) groups excluding carboxylic acids is 2. The van der Waals surface area contributed by atoms with Crippen molar-refractivity contribution in [2.24, 2.45) is 5.73 Å². The Morgan fingerprint density at radius 1 is 0.582 bits per heavy atom. The minimum Gasteiger partial charge on any atom is -0.480 e. The van der Waals surface area contributed by atoms with E-state index in [1.54, 1.807) is 0 Å². The highest BCUT2D eigenvalue weighted by Crippen LogP contribution is 2.43. The Labute approximate surface area is 332 Å². The number of carboxylic acids is 1. The van der Waals surface area contributed by atoms with E-state index in [0.29, 0.717) is 19.3 Å². The summed E-state index contributed by atoms with van der Waals surface area (Å²) < 4.78 is 32.6. The van der Waals surface area contributed by atoms with Gasteiger partial charge in [0, 0.05) is 12.8 Å². The van der Waals surface area contributed by atoms with Crippen molar-refractivity contribution in [1.29, 1.82) is 0 Å². The highest BCUT2D eigenvalue weighted by Gasteiger charge is 2.28. The Morgan fingerprint density at radius 3 is 1.51 bits per heavy atom. The van der Waals surface area contributed by atoms with Crippen LogP contribution < -0.4 is 5.73 Å². The zero-order valence-corrected chi connectivity index (χ0v) is 34.9. The molecule has 1 unspecified atom stereocenters. The molecule has 0 rings (SSSR count). The van der Waals surface area contributed by atoms with E-state index in [9.17, 15) is 23.8 Å². The van der Waals surface area contributed by atoms with Crippen molar-refractivity contribution < 1.29 is 47.5 Å². The van der Waals surface area contributed by atoms with Crippen LogP contribution in [0.1, 0.15) is 162 Å². The molecule has 12 heteroatoms. The standard InChI is InChI=1S/C43H74NO10P/c1-3-5-7-9-11-13-15-17-19-20-21-23-24-26-28-30-32-34-41(45)51-36-39(37-52-55(49,50)53-38-40(44)43(47)48)54-42(46)35-33-31-29-27-25-22-18-16-14-12-10-8-6-4-2/h5,7,11,13,17,19,21,23,26,28,39-40H,3-4,6,8-10,12,14-16,18,20,22,24-25,27,29-38,44H2,1-2H3,(H,47,48)(H,49,50)/b7-5-,13-11-,19-17-,23-21-,28-26-/t39-,40+/m1/s1. The lowest BCUT2D eigenvalue weighted by Gasteiger charge is -2.20. The number of ether oxygens (including phenoxy) is 2. The summed E-state index contributed by atoms with van der Waals surface area (Å²) in [5, 5.41) is 8.88. The molecule has 0 saturated heterocycles. The van der Waals surface area contributed by atoms with Crippen molar-refractivity contribution in [3.63, 3.8) is 0 Å². The second kappa shape index (κ2) is 38.1. The average molecular weight is 796 g/mol. The molecule has 0 aromatic rings. The maximum absolute atomic E-state index is 12.6. The summed E-state index contributed by atoms with van der Waals surface area (Å²) in [6.07, 6.45) is 42.9. The highest BCUT2D eigenvalue weighted by atomic mass is 31.2. The van der Waals surface area contributed by atoms with Crippen LogP contribution in [-0.4, -0.2) is 59.9 Å². The molecule has 0 aromatic carbocycles. The van der Waals surface area contributed by atoms with Crippen molar-refractivity contribution in [2.75, 3.05) is 19.8 Å². The van der Waals surface area contributed by atoms with E-state index in [1.807, 2.05) is 12.2 Å². The number of carboxylic acid groups (broad SMARTS) is 1. The average Bonchev–Trinajstić information content (AvgIpc) is 3.16. The number of carbonyl (C=O) groups is 3. The molecule has 0 radical (unpaired) electrons. The molecule has 0 fully saturated rings. The maximum atomic E-state index is 12.6. The number of rotatable bonds is 38. The molecule has 11 nitrogen and oxygen atoms in total. The van der Waals surface area contributed by atoms with E-state index in [-0.39, 0.29) is 19.4 Å². The predicted octanol–water partition coefficient (Wildman–Crippen LogP) is 10.8. The molecular weight excluding hydrogens is 721 g/mol. The number of hydrogen-bond acceptors (Lipinski definition) is 9. The van der Waals surface area contributed by atoms with Gasteiger partial charge in [-0.05, 0) is 51.4 Å². The number of aliphatic carboxylic acids is 1. The summed E-state index contributed by atoms with van der Waals surface area (Å²) in [6.45, 7) is 2.62. The van der Waals surface area contributed by atoms with Gasteiger partial charge in [-0.2, -0.15) is 0 Å². The maximum Gasteiger partial charge on any atom is 0.472 e. The van der Waals surface area contributed by atoms with Crippen molar-refractivity contribution >= 4 is 25.7 Å². The molecule has 316 valence electrons. The minimum absolute atomic E-state index is 0.142. The molecule has 0 aliphatic carbocycles. The van der Waals surface area contributed by atoms with Gasteiger partial charge in [0.2, 0.25) is 0 Å². The lowest BCUT2D eigenvalue weighted by atomic mass is 10.0. The van der Waals surface area contributed by atoms with E-state index in [4.69, 9.17) is 24.8 Å². The molecule has 4 N–H and O–H groups in total. The third-order valence-electron chi connectivity index (χ3n) is 8.53. The lowest BCUT2D eigenvalue weighted by molar-refractivity contribution is -0.161. The van der Waals surface area contributed by atoms with Gasteiger partial charge >= 0.3 is 25.7 Å². The normalized spacial score (nSPS) is 14.4. The Balaban J connectivity index is 4.49. The fourth-order valence-corrected chi connectivity index (χ4v) is 6.05. The number of esters is 2. The number of phosphoric acid groups is 1. The van der Waals surface area contributed by atoms with Gasteiger partial charge in [-0.1, -0.05) is 158 Å². The van der Waals surface area contributed by atoms with Crippen LogP contribution >= 0.6 is 7.82 Å². The summed E-state index contributed by atoms with van der Waals surface area (Å²) >= 11 is 0. The second-order valence-corrected chi connectivity index (χ2v) is 15.2. The Bertz CT molecular complexity index is 1170. The number of nitrogens with two attached hydrogens (primary N) is 1. The fourth-order valence-electron chi connectivity index (χ4n) is 5.28. The number of phosphoric ester groups is 1. The largest absolute Gasteiger partial charge is 0.480 e. The first-order valence-electron chi connectivity index (χ1n) is 20.8. The quantitative estimate of drug-likeness (QED) is 0.0235. The molecule has 0 aromatic heterocycles. The monoisotopic (exact) mass is 796 g/mol. The van der Waals surface area contributed by atoms with Crippen molar-refractivity contribution in [2.45, 2.75) is 174 Å². The molecule has 3 atom stereocenters. The van der Waals surface area contributed by atoms with Crippen LogP contribution in [0.5, 0.6) is 0 Å². The zero-order valence-electron chi connectivity index (χ0n) is 34.0. The Morgan fingerprint density at radius 2 is 1.02 bits per heavy atom. The van der Waals surface area contributed by atoms with Gasteiger partial charge in [0.05, 0.1) is 13.2 Å². The minimum atomic E-state index is -4.73. The molecule has 0 heterocycles. The molecule has 0 spiro atoms. The molecule has 0 aliphatic heterocycles. The van der Waals surface area contributed by atoms with Crippen LogP contribution in [0.2, 0.25) is 0 Å². The molecular formula is C43H74NO10P. The van der Waals surface area contributed by atoms with Crippen LogP contribution in [0.25, 0.3) is 0 Å². The highest BCUT2D eigenvalue weighted by molar-refractivity contribution is 7.47. The third kappa shape index (κ3) is 37.9. The van der Waals surface area contributed by atoms with Crippen LogP contribution in [-0.2, 0) is 37.5 Å². The summed E-state index contributed by atoms with van der Waals surface area (Å²) in [7, 11) is -4.73. The summed E-state index contributed by atoms with van der Waals surface area (Å²) in [6, 6.07) is -1.53. The lowest BCUT2D eigenvalue weighted by Crippen LogP contribution is -2.34. The smallest absolute Gasteiger partial charge is 0.472 e. The van der Waals surface area contributed by atoms with Gasteiger partial charge in [-0.15, -0.1) is 0 Å². The van der Waals surface area contributed by atoms with E-state index in [2.05, 4.69) is 67.0 Å². The molecule has 0 saturated carbocycles. The van der Waals surface area contributed by atoms with Crippen LogP contribution in [0.15, 0.2) is 60.8 Å². The van der Waals surface area contributed by atoms with Crippen molar-refractivity contribution in [1.82, 2.24) is 0 Å². The third-order valence-corrected chi connectivity index (χ3v) is 9.48. The first-order chi connectivity index (χ1) is 26.6. The summed E-state index contributed by atoms with van der Waals surface area (Å²) in [5.41, 5.74) is 5.32. The molecule has 55 heavy (non-hydrogen) atoms. The topological polar surface area (TPSA) is 172 Å². The van der Waals surface area contributed by atoms with Gasteiger partial charge in [0.15, 0.2) is 6.10 Å². The van der Waals surface area contributed by atoms with Gasteiger partial charge in [-0.3, -0.25) is 23.4 Å². The van der Waals surface area contributed by atoms with Crippen LogP contribution in [0, 0.1) is 0 Å². The summed E-state index contributed by atoms with van der Waals surface area (Å²) in [5.74, 6) is -2.46.